The maximum Gasteiger partial charge on any atom is 0.267 e. The fourth-order valence-corrected chi connectivity index (χ4v) is 2.61. The molecule has 0 spiro atoms. The number of anilines is 2. The van der Waals surface area contributed by atoms with Crippen LogP contribution >= 0.6 is 23.2 Å². The molecule has 0 aromatic heterocycles. The molecule has 0 atom stereocenters. The first kappa shape index (κ1) is 19.8. The molecule has 0 aliphatic carbocycles. The molecule has 0 radical (unpaired) electrons. The third-order valence-corrected chi connectivity index (χ3v) is 4.23. The van der Waals surface area contributed by atoms with Crippen LogP contribution in [-0.4, -0.2) is 5.91 Å². The Balaban J connectivity index is 2.09. The molecular weight excluding hydrogens is 369 g/mol. The van der Waals surface area contributed by atoms with Gasteiger partial charge >= 0.3 is 0 Å². The SMILES string of the molecule is CC(C)(C)c1ccc(N/C=C(/C#N)C(=O)Nc2ccc(Cl)cc2Cl)cc1. The van der Waals surface area contributed by atoms with Crippen LogP contribution in [0.2, 0.25) is 10.0 Å². The number of nitriles is 1. The first-order valence-electron chi connectivity index (χ1n) is 7.94. The van der Waals surface area contributed by atoms with Gasteiger partial charge in [-0.25, -0.2) is 0 Å². The third-order valence-electron chi connectivity index (χ3n) is 3.68. The Morgan fingerprint density at radius 2 is 1.77 bits per heavy atom. The quantitative estimate of drug-likeness (QED) is 0.518. The lowest BCUT2D eigenvalue weighted by Crippen LogP contribution is -2.15. The van der Waals surface area contributed by atoms with Crippen molar-refractivity contribution in [2.24, 2.45) is 0 Å². The summed E-state index contributed by atoms with van der Waals surface area (Å²) in [5.74, 6) is -0.560. The van der Waals surface area contributed by atoms with Gasteiger partial charge in [-0.15, -0.1) is 0 Å². The zero-order valence-corrected chi connectivity index (χ0v) is 16.2. The molecule has 0 fully saturated rings. The molecule has 2 aromatic rings. The Labute approximate surface area is 163 Å². The molecular formula is C20H19Cl2N3O. The van der Waals surface area contributed by atoms with E-state index in [-0.39, 0.29) is 11.0 Å². The maximum atomic E-state index is 12.3. The monoisotopic (exact) mass is 387 g/mol. The number of rotatable bonds is 4. The summed E-state index contributed by atoms with van der Waals surface area (Å²) in [4.78, 5) is 12.3. The van der Waals surface area contributed by atoms with E-state index in [1.807, 2.05) is 30.3 Å². The Bertz CT molecular complexity index is 875. The average molecular weight is 388 g/mol. The largest absolute Gasteiger partial charge is 0.360 e. The van der Waals surface area contributed by atoms with Gasteiger partial charge in [0, 0.05) is 16.9 Å². The molecule has 6 heteroatoms. The number of carbonyl (C=O) groups is 1. The lowest BCUT2D eigenvalue weighted by Gasteiger charge is -2.19. The molecule has 0 heterocycles. The van der Waals surface area contributed by atoms with E-state index < -0.39 is 5.91 Å². The minimum Gasteiger partial charge on any atom is -0.360 e. The van der Waals surface area contributed by atoms with Gasteiger partial charge in [0.15, 0.2) is 0 Å². The summed E-state index contributed by atoms with van der Waals surface area (Å²) in [6.45, 7) is 6.40. The van der Waals surface area contributed by atoms with Crippen LogP contribution in [0.15, 0.2) is 54.2 Å². The fourth-order valence-electron chi connectivity index (χ4n) is 2.15. The molecule has 0 bridgehead atoms. The highest BCUT2D eigenvalue weighted by atomic mass is 35.5. The van der Waals surface area contributed by atoms with Crippen molar-refractivity contribution >= 4 is 40.5 Å². The van der Waals surface area contributed by atoms with Crippen molar-refractivity contribution in [1.82, 2.24) is 0 Å². The summed E-state index contributed by atoms with van der Waals surface area (Å²) >= 11 is 11.9. The third kappa shape index (κ3) is 5.26. The minimum absolute atomic E-state index is 0.0594. The Hall–Kier alpha value is -2.48. The molecule has 0 unspecified atom stereocenters. The van der Waals surface area contributed by atoms with Crippen molar-refractivity contribution in [3.05, 3.63) is 69.8 Å². The van der Waals surface area contributed by atoms with Crippen LogP contribution < -0.4 is 10.6 Å². The average Bonchev–Trinajstić information content (AvgIpc) is 2.57. The summed E-state index contributed by atoms with van der Waals surface area (Å²) in [6.07, 6.45) is 1.37. The minimum atomic E-state index is -0.560. The van der Waals surface area contributed by atoms with Gasteiger partial charge in [0.1, 0.15) is 11.6 Å². The molecule has 2 aromatic carbocycles. The number of carbonyl (C=O) groups excluding carboxylic acids is 1. The Kier molecular flexibility index (Phi) is 6.31. The van der Waals surface area contributed by atoms with Gasteiger partial charge in [-0.05, 0) is 41.3 Å². The van der Waals surface area contributed by atoms with E-state index >= 15 is 0 Å². The molecule has 2 rings (SSSR count). The van der Waals surface area contributed by atoms with Gasteiger partial charge < -0.3 is 10.6 Å². The van der Waals surface area contributed by atoms with E-state index in [0.29, 0.717) is 15.7 Å². The first-order chi connectivity index (χ1) is 12.2. The molecule has 26 heavy (non-hydrogen) atoms. The van der Waals surface area contributed by atoms with Gasteiger partial charge in [-0.2, -0.15) is 5.26 Å². The highest BCUT2D eigenvalue weighted by molar-refractivity contribution is 6.36. The van der Waals surface area contributed by atoms with E-state index in [1.54, 1.807) is 12.1 Å². The Morgan fingerprint density at radius 3 is 2.31 bits per heavy atom. The van der Waals surface area contributed by atoms with Gasteiger partial charge in [-0.1, -0.05) is 56.1 Å². The van der Waals surface area contributed by atoms with Crippen LogP contribution in [-0.2, 0) is 10.2 Å². The normalized spacial score (nSPS) is 11.6. The standard InChI is InChI=1S/C20H19Cl2N3O/c1-20(2,3)14-4-7-16(8-5-14)24-12-13(11-23)19(26)25-18-9-6-15(21)10-17(18)22/h4-10,12,24H,1-3H3,(H,25,26)/b13-12-. The van der Waals surface area contributed by atoms with E-state index in [9.17, 15) is 10.1 Å². The highest BCUT2D eigenvalue weighted by Gasteiger charge is 2.13. The fraction of sp³-hybridized carbons (Fsp3) is 0.200. The maximum absolute atomic E-state index is 12.3. The summed E-state index contributed by atoms with van der Waals surface area (Å²) in [6, 6.07) is 14.4. The molecule has 0 saturated carbocycles. The summed E-state index contributed by atoms with van der Waals surface area (Å²) < 4.78 is 0. The van der Waals surface area contributed by atoms with Gasteiger partial charge in [0.05, 0.1) is 10.7 Å². The number of nitrogens with zero attached hydrogens (tertiary/aromatic N) is 1. The molecule has 1 amide bonds. The second-order valence-electron chi connectivity index (χ2n) is 6.72. The predicted molar refractivity (Wildman–Crippen MR) is 108 cm³/mol. The molecule has 2 N–H and O–H groups in total. The molecule has 134 valence electrons. The van der Waals surface area contributed by atoms with Crippen LogP contribution in [0.4, 0.5) is 11.4 Å². The van der Waals surface area contributed by atoms with Crippen LogP contribution in [0.5, 0.6) is 0 Å². The van der Waals surface area contributed by atoms with Crippen molar-refractivity contribution < 1.29 is 4.79 Å². The van der Waals surface area contributed by atoms with Crippen molar-refractivity contribution in [2.75, 3.05) is 10.6 Å². The number of halogens is 2. The van der Waals surface area contributed by atoms with Gasteiger partial charge in [-0.3, -0.25) is 4.79 Å². The van der Waals surface area contributed by atoms with E-state index in [4.69, 9.17) is 23.2 Å². The van der Waals surface area contributed by atoms with E-state index in [1.165, 1.54) is 17.8 Å². The van der Waals surface area contributed by atoms with E-state index in [2.05, 4.69) is 31.4 Å². The highest BCUT2D eigenvalue weighted by Crippen LogP contribution is 2.26. The first-order valence-corrected chi connectivity index (χ1v) is 8.70. The van der Waals surface area contributed by atoms with Crippen LogP contribution in [0.1, 0.15) is 26.3 Å². The summed E-state index contributed by atoms with van der Waals surface area (Å²) in [7, 11) is 0. The van der Waals surface area contributed by atoms with Gasteiger partial charge in [0.2, 0.25) is 0 Å². The second kappa shape index (κ2) is 8.27. The zero-order valence-electron chi connectivity index (χ0n) is 14.7. The van der Waals surface area contributed by atoms with Crippen molar-refractivity contribution in [3.8, 4) is 6.07 Å². The molecule has 0 aliphatic heterocycles. The van der Waals surface area contributed by atoms with E-state index in [0.717, 1.165) is 5.69 Å². The number of hydrogen-bond donors (Lipinski definition) is 2. The summed E-state index contributed by atoms with van der Waals surface area (Å²) in [5, 5.41) is 15.6. The lowest BCUT2D eigenvalue weighted by molar-refractivity contribution is -0.112. The van der Waals surface area contributed by atoms with Crippen LogP contribution in [0.3, 0.4) is 0 Å². The topological polar surface area (TPSA) is 64.9 Å². The second-order valence-corrected chi connectivity index (χ2v) is 7.56. The molecule has 0 aliphatic rings. The molecule has 4 nitrogen and oxygen atoms in total. The predicted octanol–water partition coefficient (Wildman–Crippen LogP) is 5.75. The number of hydrogen-bond acceptors (Lipinski definition) is 3. The van der Waals surface area contributed by atoms with Crippen molar-refractivity contribution in [3.63, 3.8) is 0 Å². The Morgan fingerprint density at radius 1 is 1.12 bits per heavy atom. The van der Waals surface area contributed by atoms with Crippen molar-refractivity contribution in [2.45, 2.75) is 26.2 Å². The van der Waals surface area contributed by atoms with Crippen LogP contribution in [0, 0.1) is 11.3 Å². The number of amides is 1. The lowest BCUT2D eigenvalue weighted by atomic mass is 9.87. The van der Waals surface area contributed by atoms with Crippen molar-refractivity contribution in [1.29, 1.82) is 5.26 Å². The number of nitrogens with one attached hydrogen (secondary N) is 2. The summed E-state index contributed by atoms with van der Waals surface area (Å²) in [5.41, 5.74) is 2.35. The number of benzene rings is 2. The molecule has 0 saturated heterocycles. The van der Waals surface area contributed by atoms with Crippen LogP contribution in [0.25, 0.3) is 0 Å². The smallest absolute Gasteiger partial charge is 0.267 e. The van der Waals surface area contributed by atoms with Gasteiger partial charge in [0.25, 0.3) is 5.91 Å². The zero-order chi connectivity index (χ0) is 19.3.